The minimum atomic E-state index is -0.0647. The van der Waals surface area contributed by atoms with Crippen molar-refractivity contribution < 1.29 is 4.79 Å². The molecule has 2 aromatic heterocycles. The number of thiazole rings is 1. The van der Waals surface area contributed by atoms with E-state index in [9.17, 15) is 4.79 Å². The average molecular weight is 277 g/mol. The fraction of sp³-hybridized carbons (Fsp3) is 0.167. The number of amides is 1. The molecule has 0 aliphatic rings. The van der Waals surface area contributed by atoms with Crippen molar-refractivity contribution in [3.05, 3.63) is 33.5 Å². The van der Waals surface area contributed by atoms with Crippen LogP contribution in [-0.2, 0) is 11.2 Å². The van der Waals surface area contributed by atoms with Crippen LogP contribution in [0.1, 0.15) is 9.75 Å². The zero-order valence-electron chi connectivity index (χ0n) is 9.47. The molecule has 4 nitrogen and oxygen atoms in total. The molecule has 2 aromatic rings. The minimum Gasteiger partial charge on any atom is -0.320 e. The van der Waals surface area contributed by atoms with Crippen molar-refractivity contribution in [2.75, 3.05) is 11.9 Å². The number of hydrogen-bond acceptors (Lipinski definition) is 5. The Labute approximate surface area is 113 Å². The molecular formula is C12H11N3OS2. The molecule has 0 spiro atoms. The van der Waals surface area contributed by atoms with E-state index in [0.29, 0.717) is 18.1 Å². The van der Waals surface area contributed by atoms with E-state index in [1.54, 1.807) is 17.5 Å². The maximum Gasteiger partial charge on any atom is 0.231 e. The highest BCUT2D eigenvalue weighted by Gasteiger charge is 2.07. The fourth-order valence-corrected chi connectivity index (χ4v) is 2.67. The van der Waals surface area contributed by atoms with Crippen molar-refractivity contribution >= 4 is 33.7 Å². The second-order valence-electron chi connectivity index (χ2n) is 3.34. The predicted octanol–water partition coefficient (Wildman–Crippen LogP) is 1.70. The number of rotatable bonds is 3. The summed E-state index contributed by atoms with van der Waals surface area (Å²) in [5.74, 6) is 5.56. The van der Waals surface area contributed by atoms with Crippen molar-refractivity contribution in [2.24, 2.45) is 5.73 Å². The first-order valence-corrected chi connectivity index (χ1v) is 6.94. The van der Waals surface area contributed by atoms with Crippen LogP contribution >= 0.6 is 22.7 Å². The highest BCUT2D eigenvalue weighted by molar-refractivity contribution is 7.16. The normalized spacial score (nSPS) is 9.61. The van der Waals surface area contributed by atoms with Crippen LogP contribution in [0.15, 0.2) is 23.7 Å². The van der Waals surface area contributed by atoms with Crippen LogP contribution in [-0.4, -0.2) is 17.4 Å². The van der Waals surface area contributed by atoms with Gasteiger partial charge in [0, 0.05) is 4.88 Å². The van der Waals surface area contributed by atoms with Crippen molar-refractivity contribution in [1.29, 1.82) is 0 Å². The molecule has 6 heteroatoms. The Kier molecular flexibility index (Phi) is 4.47. The summed E-state index contributed by atoms with van der Waals surface area (Å²) in [5, 5.41) is 5.27. The van der Waals surface area contributed by atoms with Crippen LogP contribution in [0, 0.1) is 11.8 Å². The molecule has 0 saturated heterocycles. The maximum absolute atomic E-state index is 11.7. The van der Waals surface area contributed by atoms with Gasteiger partial charge in [0.25, 0.3) is 0 Å². The zero-order chi connectivity index (χ0) is 12.8. The van der Waals surface area contributed by atoms with E-state index in [4.69, 9.17) is 5.73 Å². The number of carbonyl (C=O) groups is 1. The van der Waals surface area contributed by atoms with Crippen LogP contribution in [0.25, 0.3) is 0 Å². The summed E-state index contributed by atoms with van der Waals surface area (Å²) >= 11 is 2.91. The molecule has 0 aromatic carbocycles. The molecule has 0 radical (unpaired) electrons. The minimum absolute atomic E-state index is 0.0647. The van der Waals surface area contributed by atoms with E-state index in [1.165, 1.54) is 11.3 Å². The van der Waals surface area contributed by atoms with Gasteiger partial charge in [0.1, 0.15) is 0 Å². The molecule has 3 N–H and O–H groups in total. The lowest BCUT2D eigenvalue weighted by atomic mass is 10.3. The molecule has 18 heavy (non-hydrogen) atoms. The molecule has 0 fully saturated rings. The number of aromatic nitrogens is 1. The lowest BCUT2D eigenvalue weighted by Gasteiger charge is -1.98. The number of carbonyl (C=O) groups excluding carboxylic acids is 1. The SMILES string of the molecule is NCC#Cc1cnc(NC(=O)Cc2cccs2)s1. The first kappa shape index (κ1) is 12.8. The summed E-state index contributed by atoms with van der Waals surface area (Å²) in [7, 11) is 0. The van der Waals surface area contributed by atoms with Crippen LogP contribution in [0.5, 0.6) is 0 Å². The Hall–Kier alpha value is -1.68. The second kappa shape index (κ2) is 6.31. The Morgan fingerprint density at radius 3 is 3.17 bits per heavy atom. The molecule has 2 heterocycles. The number of nitrogens with zero attached hydrogens (tertiary/aromatic N) is 1. The molecule has 0 unspecified atom stereocenters. The van der Waals surface area contributed by atoms with Crippen LogP contribution in [0.4, 0.5) is 5.13 Å². The number of nitrogens with one attached hydrogen (secondary N) is 1. The molecule has 0 atom stereocenters. The maximum atomic E-state index is 11.7. The Morgan fingerprint density at radius 1 is 1.56 bits per heavy atom. The van der Waals surface area contributed by atoms with Crippen molar-refractivity contribution in [2.45, 2.75) is 6.42 Å². The van der Waals surface area contributed by atoms with Crippen molar-refractivity contribution in [1.82, 2.24) is 4.98 Å². The Morgan fingerprint density at radius 2 is 2.44 bits per heavy atom. The van der Waals surface area contributed by atoms with Gasteiger partial charge in [0.05, 0.1) is 24.0 Å². The summed E-state index contributed by atoms with van der Waals surface area (Å²) < 4.78 is 0. The summed E-state index contributed by atoms with van der Waals surface area (Å²) in [6.07, 6.45) is 2.01. The monoisotopic (exact) mass is 277 g/mol. The van der Waals surface area contributed by atoms with Crippen LogP contribution < -0.4 is 11.1 Å². The predicted molar refractivity (Wildman–Crippen MR) is 74.7 cm³/mol. The first-order valence-electron chi connectivity index (χ1n) is 5.25. The van der Waals surface area contributed by atoms with Crippen LogP contribution in [0.2, 0.25) is 0 Å². The number of hydrogen-bond donors (Lipinski definition) is 2. The smallest absolute Gasteiger partial charge is 0.231 e. The van der Waals surface area contributed by atoms with E-state index in [1.807, 2.05) is 17.5 Å². The lowest BCUT2D eigenvalue weighted by Crippen LogP contribution is -2.13. The summed E-state index contributed by atoms with van der Waals surface area (Å²) in [5.41, 5.74) is 5.28. The third-order valence-corrected chi connectivity index (χ3v) is 3.69. The molecular weight excluding hydrogens is 266 g/mol. The average Bonchev–Trinajstić information content (AvgIpc) is 2.98. The first-order chi connectivity index (χ1) is 8.78. The highest BCUT2D eigenvalue weighted by Crippen LogP contribution is 2.17. The Bertz CT molecular complexity index is 578. The van der Waals surface area contributed by atoms with E-state index < -0.39 is 0 Å². The van der Waals surface area contributed by atoms with E-state index in [0.717, 1.165) is 9.75 Å². The van der Waals surface area contributed by atoms with Gasteiger partial charge in [-0.3, -0.25) is 4.79 Å². The molecule has 92 valence electrons. The molecule has 0 aliphatic heterocycles. The quantitative estimate of drug-likeness (QED) is 0.839. The number of anilines is 1. The summed E-state index contributed by atoms with van der Waals surface area (Å²) in [6, 6.07) is 3.86. The van der Waals surface area contributed by atoms with Gasteiger partial charge in [0.2, 0.25) is 5.91 Å². The Balaban J connectivity index is 1.93. The number of thiophene rings is 1. The zero-order valence-corrected chi connectivity index (χ0v) is 11.1. The van der Waals surface area contributed by atoms with Crippen molar-refractivity contribution in [3.63, 3.8) is 0 Å². The van der Waals surface area contributed by atoms with Gasteiger partial charge >= 0.3 is 0 Å². The van der Waals surface area contributed by atoms with Gasteiger partial charge in [0.15, 0.2) is 5.13 Å². The van der Waals surface area contributed by atoms with E-state index in [2.05, 4.69) is 22.1 Å². The lowest BCUT2D eigenvalue weighted by molar-refractivity contribution is -0.115. The largest absolute Gasteiger partial charge is 0.320 e. The van der Waals surface area contributed by atoms with Gasteiger partial charge in [-0.2, -0.15) is 0 Å². The van der Waals surface area contributed by atoms with E-state index in [-0.39, 0.29) is 5.91 Å². The topological polar surface area (TPSA) is 68.0 Å². The second-order valence-corrected chi connectivity index (χ2v) is 5.40. The molecule has 0 aliphatic carbocycles. The van der Waals surface area contributed by atoms with Gasteiger partial charge in [-0.1, -0.05) is 29.2 Å². The summed E-state index contributed by atoms with van der Waals surface area (Å²) in [4.78, 5) is 17.6. The highest BCUT2D eigenvalue weighted by atomic mass is 32.1. The molecule has 1 amide bonds. The fourth-order valence-electron chi connectivity index (χ4n) is 1.26. The standard InChI is InChI=1S/C12H11N3OS2/c13-5-1-3-10-8-14-12(18-10)15-11(16)7-9-4-2-6-17-9/h2,4,6,8H,5,7,13H2,(H,14,15,16). The van der Waals surface area contributed by atoms with Gasteiger partial charge in [-0.15, -0.1) is 11.3 Å². The van der Waals surface area contributed by atoms with Gasteiger partial charge in [-0.05, 0) is 11.4 Å². The molecule has 0 saturated carbocycles. The van der Waals surface area contributed by atoms with Crippen molar-refractivity contribution in [3.8, 4) is 11.8 Å². The third kappa shape index (κ3) is 3.67. The van der Waals surface area contributed by atoms with Crippen LogP contribution in [0.3, 0.4) is 0 Å². The summed E-state index contributed by atoms with van der Waals surface area (Å²) in [6.45, 7) is 0.317. The molecule has 2 rings (SSSR count). The third-order valence-electron chi connectivity index (χ3n) is 1.98. The molecule has 0 bridgehead atoms. The van der Waals surface area contributed by atoms with E-state index >= 15 is 0 Å². The van der Waals surface area contributed by atoms with Gasteiger partial charge < -0.3 is 11.1 Å². The number of nitrogens with two attached hydrogens (primary N) is 1. The van der Waals surface area contributed by atoms with Gasteiger partial charge in [-0.25, -0.2) is 4.98 Å².